The standard InChI is InChI=1S/C16H21NO2/c1-13-4-6-14(7-5-13)8-9-16(19)17-11-2-3-15(18)10-12-17/h4-7H,2-3,8-12H2,1H3. The van der Waals surface area contributed by atoms with Crippen molar-refractivity contribution in [3.05, 3.63) is 35.4 Å². The number of amides is 1. The van der Waals surface area contributed by atoms with Crippen molar-refractivity contribution in [3.63, 3.8) is 0 Å². The lowest BCUT2D eigenvalue weighted by molar-refractivity contribution is -0.131. The maximum atomic E-state index is 12.1. The summed E-state index contributed by atoms with van der Waals surface area (Å²) in [5.74, 6) is 0.462. The van der Waals surface area contributed by atoms with E-state index in [1.165, 1.54) is 11.1 Å². The second-order valence-corrected chi connectivity index (χ2v) is 5.26. The van der Waals surface area contributed by atoms with Gasteiger partial charge in [0, 0.05) is 32.4 Å². The van der Waals surface area contributed by atoms with Crippen LogP contribution in [0.4, 0.5) is 0 Å². The van der Waals surface area contributed by atoms with Crippen LogP contribution >= 0.6 is 0 Å². The first kappa shape index (κ1) is 13.8. The molecule has 0 atom stereocenters. The van der Waals surface area contributed by atoms with Crippen molar-refractivity contribution in [1.82, 2.24) is 4.90 Å². The van der Waals surface area contributed by atoms with E-state index in [1.54, 1.807) is 0 Å². The molecule has 0 radical (unpaired) electrons. The van der Waals surface area contributed by atoms with Gasteiger partial charge in [-0.25, -0.2) is 0 Å². The summed E-state index contributed by atoms with van der Waals surface area (Å²) in [6.45, 7) is 3.40. The van der Waals surface area contributed by atoms with Gasteiger partial charge in [0.05, 0.1) is 0 Å². The van der Waals surface area contributed by atoms with Crippen LogP contribution in [0.3, 0.4) is 0 Å². The van der Waals surface area contributed by atoms with Crippen molar-refractivity contribution in [1.29, 1.82) is 0 Å². The summed E-state index contributed by atoms with van der Waals surface area (Å²) in [5.41, 5.74) is 2.44. The molecule has 1 heterocycles. The first-order chi connectivity index (χ1) is 9.15. The van der Waals surface area contributed by atoms with Crippen LogP contribution < -0.4 is 0 Å². The normalized spacial score (nSPS) is 16.3. The summed E-state index contributed by atoms with van der Waals surface area (Å²) in [7, 11) is 0. The van der Waals surface area contributed by atoms with E-state index in [1.807, 2.05) is 4.90 Å². The van der Waals surface area contributed by atoms with Crippen molar-refractivity contribution in [2.24, 2.45) is 0 Å². The Balaban J connectivity index is 1.83. The summed E-state index contributed by atoms with van der Waals surface area (Å²) >= 11 is 0. The summed E-state index contributed by atoms with van der Waals surface area (Å²) in [6.07, 6.45) is 3.29. The van der Waals surface area contributed by atoms with E-state index in [2.05, 4.69) is 31.2 Å². The number of carbonyl (C=O) groups excluding carboxylic acids is 2. The summed E-state index contributed by atoms with van der Waals surface area (Å²) < 4.78 is 0. The zero-order valence-corrected chi connectivity index (χ0v) is 11.5. The van der Waals surface area contributed by atoms with E-state index in [4.69, 9.17) is 0 Å². The number of ketones is 1. The summed E-state index contributed by atoms with van der Waals surface area (Å²) in [6, 6.07) is 8.30. The fraction of sp³-hybridized carbons (Fsp3) is 0.500. The second-order valence-electron chi connectivity index (χ2n) is 5.26. The van der Waals surface area contributed by atoms with Crippen molar-refractivity contribution in [3.8, 4) is 0 Å². The van der Waals surface area contributed by atoms with Crippen LogP contribution in [-0.4, -0.2) is 29.7 Å². The third-order valence-electron chi connectivity index (χ3n) is 3.65. The lowest BCUT2D eigenvalue weighted by atomic mass is 10.1. The number of likely N-dealkylation sites (tertiary alicyclic amines) is 1. The Bertz CT molecular complexity index is 450. The maximum Gasteiger partial charge on any atom is 0.222 e. The van der Waals surface area contributed by atoms with Crippen molar-refractivity contribution in [2.45, 2.75) is 39.0 Å². The molecule has 1 saturated heterocycles. The number of carbonyl (C=O) groups is 2. The lowest BCUT2D eigenvalue weighted by Gasteiger charge is -2.19. The van der Waals surface area contributed by atoms with E-state index in [0.29, 0.717) is 25.8 Å². The van der Waals surface area contributed by atoms with E-state index in [0.717, 1.165) is 19.4 Å². The van der Waals surface area contributed by atoms with Gasteiger partial charge in [-0.05, 0) is 25.3 Å². The van der Waals surface area contributed by atoms with E-state index >= 15 is 0 Å². The number of hydrogen-bond donors (Lipinski definition) is 0. The molecule has 1 aliphatic heterocycles. The number of nitrogens with zero attached hydrogens (tertiary/aromatic N) is 1. The Kier molecular flexibility index (Phi) is 4.72. The maximum absolute atomic E-state index is 12.1. The Morgan fingerprint density at radius 2 is 1.89 bits per heavy atom. The third-order valence-corrected chi connectivity index (χ3v) is 3.65. The van der Waals surface area contributed by atoms with Crippen LogP contribution in [0.1, 0.15) is 36.8 Å². The number of rotatable bonds is 3. The zero-order chi connectivity index (χ0) is 13.7. The molecule has 3 nitrogen and oxygen atoms in total. The molecule has 0 bridgehead atoms. The zero-order valence-electron chi connectivity index (χ0n) is 11.5. The molecular weight excluding hydrogens is 238 g/mol. The van der Waals surface area contributed by atoms with E-state index < -0.39 is 0 Å². The first-order valence-electron chi connectivity index (χ1n) is 7.00. The quantitative estimate of drug-likeness (QED) is 0.836. The Morgan fingerprint density at radius 3 is 2.63 bits per heavy atom. The van der Waals surface area contributed by atoms with Crippen LogP contribution in [0.2, 0.25) is 0 Å². The molecule has 0 unspecified atom stereocenters. The van der Waals surface area contributed by atoms with Gasteiger partial charge < -0.3 is 4.90 Å². The van der Waals surface area contributed by atoms with Gasteiger partial charge in [0.25, 0.3) is 0 Å². The van der Waals surface area contributed by atoms with Gasteiger partial charge in [0.15, 0.2) is 0 Å². The smallest absolute Gasteiger partial charge is 0.222 e. The van der Waals surface area contributed by atoms with Gasteiger partial charge in [-0.2, -0.15) is 0 Å². The Morgan fingerprint density at radius 1 is 1.16 bits per heavy atom. The van der Waals surface area contributed by atoms with E-state index in [-0.39, 0.29) is 11.7 Å². The first-order valence-corrected chi connectivity index (χ1v) is 7.00. The minimum atomic E-state index is 0.176. The van der Waals surface area contributed by atoms with Crippen LogP contribution in [-0.2, 0) is 16.0 Å². The molecular formula is C16H21NO2. The fourth-order valence-corrected chi connectivity index (χ4v) is 2.38. The molecule has 0 aliphatic carbocycles. The average molecular weight is 259 g/mol. The average Bonchev–Trinajstić information content (AvgIpc) is 2.63. The van der Waals surface area contributed by atoms with Gasteiger partial charge in [0.1, 0.15) is 5.78 Å². The Labute approximate surface area is 114 Å². The molecule has 2 rings (SSSR count). The largest absolute Gasteiger partial charge is 0.342 e. The predicted octanol–water partition coefficient (Wildman–Crippen LogP) is 2.51. The molecule has 1 aromatic carbocycles. The Hall–Kier alpha value is -1.64. The highest BCUT2D eigenvalue weighted by atomic mass is 16.2. The second kappa shape index (κ2) is 6.50. The van der Waals surface area contributed by atoms with Gasteiger partial charge in [-0.1, -0.05) is 29.8 Å². The highest BCUT2D eigenvalue weighted by molar-refractivity contribution is 5.81. The molecule has 102 valence electrons. The molecule has 1 aliphatic rings. The van der Waals surface area contributed by atoms with Gasteiger partial charge in [-0.3, -0.25) is 9.59 Å². The van der Waals surface area contributed by atoms with Gasteiger partial charge in [-0.15, -0.1) is 0 Å². The molecule has 19 heavy (non-hydrogen) atoms. The number of aryl methyl sites for hydroxylation is 2. The predicted molar refractivity (Wildman–Crippen MR) is 74.9 cm³/mol. The van der Waals surface area contributed by atoms with Crippen molar-refractivity contribution >= 4 is 11.7 Å². The minimum absolute atomic E-state index is 0.176. The van der Waals surface area contributed by atoms with E-state index in [9.17, 15) is 9.59 Å². The van der Waals surface area contributed by atoms with Crippen LogP contribution in [0.25, 0.3) is 0 Å². The minimum Gasteiger partial charge on any atom is -0.342 e. The summed E-state index contributed by atoms with van der Waals surface area (Å²) in [5, 5.41) is 0. The SMILES string of the molecule is Cc1ccc(CCC(=O)N2CCCC(=O)CC2)cc1. The molecule has 0 aromatic heterocycles. The number of benzene rings is 1. The summed E-state index contributed by atoms with van der Waals surface area (Å²) in [4.78, 5) is 25.3. The van der Waals surface area contributed by atoms with Gasteiger partial charge >= 0.3 is 0 Å². The molecule has 0 spiro atoms. The highest BCUT2D eigenvalue weighted by Crippen LogP contribution is 2.11. The topological polar surface area (TPSA) is 37.4 Å². The molecule has 0 N–H and O–H groups in total. The van der Waals surface area contributed by atoms with Crippen molar-refractivity contribution < 1.29 is 9.59 Å². The highest BCUT2D eigenvalue weighted by Gasteiger charge is 2.18. The molecule has 1 amide bonds. The lowest BCUT2D eigenvalue weighted by Crippen LogP contribution is -2.32. The number of hydrogen-bond acceptors (Lipinski definition) is 2. The monoisotopic (exact) mass is 259 g/mol. The number of Topliss-reactive ketones (excluding diaryl/α,β-unsaturated/α-hetero) is 1. The molecule has 0 saturated carbocycles. The van der Waals surface area contributed by atoms with Gasteiger partial charge in [0.2, 0.25) is 5.91 Å². The van der Waals surface area contributed by atoms with Crippen molar-refractivity contribution in [2.75, 3.05) is 13.1 Å². The fourth-order valence-electron chi connectivity index (χ4n) is 2.38. The van der Waals surface area contributed by atoms with Crippen LogP contribution in [0.5, 0.6) is 0 Å². The van der Waals surface area contributed by atoms with Crippen LogP contribution in [0.15, 0.2) is 24.3 Å². The molecule has 1 aromatic rings. The third kappa shape index (κ3) is 4.19. The molecule has 3 heteroatoms. The molecule has 1 fully saturated rings. The van der Waals surface area contributed by atoms with Crippen LogP contribution in [0, 0.1) is 6.92 Å².